The monoisotopic (exact) mass is 176 g/mol. The Morgan fingerprint density at radius 3 is 2.92 bits per heavy atom. The van der Waals surface area contributed by atoms with Crippen LogP contribution >= 0.6 is 0 Å². The van der Waals surface area contributed by atoms with E-state index in [0.29, 0.717) is 24.5 Å². The second-order valence-corrected chi connectivity index (χ2v) is 2.75. The van der Waals surface area contributed by atoms with E-state index in [4.69, 9.17) is 15.7 Å². The molecule has 0 amide bonds. The van der Waals surface area contributed by atoms with Crippen molar-refractivity contribution in [2.24, 2.45) is 5.73 Å². The second-order valence-electron chi connectivity index (χ2n) is 2.75. The van der Waals surface area contributed by atoms with E-state index >= 15 is 0 Å². The number of nitrogens with zero attached hydrogens (tertiary/aromatic N) is 1. The van der Waals surface area contributed by atoms with E-state index in [1.807, 2.05) is 19.1 Å². The Morgan fingerprint density at radius 2 is 2.31 bits per heavy atom. The Balaban J connectivity index is 2.89. The predicted molar refractivity (Wildman–Crippen MR) is 50.4 cm³/mol. The zero-order valence-electron chi connectivity index (χ0n) is 7.58. The number of hydrogen-bond acceptors (Lipinski definition) is 3. The molecule has 0 radical (unpaired) electrons. The number of hydrogen-bond donors (Lipinski definition) is 1. The summed E-state index contributed by atoms with van der Waals surface area (Å²) in [5, 5.41) is 8.75. The highest BCUT2D eigenvalue weighted by molar-refractivity contribution is 5.44. The van der Waals surface area contributed by atoms with Gasteiger partial charge in [-0.25, -0.2) is 0 Å². The summed E-state index contributed by atoms with van der Waals surface area (Å²) in [7, 11) is 0. The third kappa shape index (κ3) is 2.46. The Kier molecular flexibility index (Phi) is 3.30. The smallest absolute Gasteiger partial charge is 0.137 e. The van der Waals surface area contributed by atoms with Crippen LogP contribution in [0.4, 0.5) is 0 Å². The molecular weight excluding hydrogens is 164 g/mol. The first kappa shape index (κ1) is 9.56. The van der Waals surface area contributed by atoms with Gasteiger partial charge in [0, 0.05) is 6.54 Å². The van der Waals surface area contributed by atoms with Gasteiger partial charge in [-0.3, -0.25) is 0 Å². The van der Waals surface area contributed by atoms with Gasteiger partial charge in [0.15, 0.2) is 0 Å². The van der Waals surface area contributed by atoms with Crippen molar-refractivity contribution in [1.82, 2.24) is 0 Å². The molecule has 0 aliphatic heterocycles. The Bertz CT molecular complexity index is 328. The minimum Gasteiger partial charge on any atom is -0.491 e. The summed E-state index contributed by atoms with van der Waals surface area (Å²) >= 11 is 0. The van der Waals surface area contributed by atoms with Gasteiger partial charge >= 0.3 is 0 Å². The molecule has 0 saturated carbocycles. The number of nitriles is 1. The van der Waals surface area contributed by atoms with Gasteiger partial charge in [0.25, 0.3) is 0 Å². The number of rotatable bonds is 3. The molecule has 0 bridgehead atoms. The van der Waals surface area contributed by atoms with E-state index in [0.717, 1.165) is 5.56 Å². The van der Waals surface area contributed by atoms with Crippen molar-refractivity contribution in [3.8, 4) is 11.8 Å². The summed E-state index contributed by atoms with van der Waals surface area (Å²) < 4.78 is 5.31. The molecule has 0 aliphatic carbocycles. The van der Waals surface area contributed by atoms with Crippen LogP contribution in [0.25, 0.3) is 0 Å². The molecule has 0 saturated heterocycles. The first-order valence-electron chi connectivity index (χ1n) is 4.11. The van der Waals surface area contributed by atoms with Crippen molar-refractivity contribution < 1.29 is 4.74 Å². The fourth-order valence-electron chi connectivity index (χ4n) is 1.01. The van der Waals surface area contributed by atoms with Crippen molar-refractivity contribution in [3.05, 3.63) is 29.3 Å². The molecule has 3 heteroatoms. The van der Waals surface area contributed by atoms with E-state index in [1.54, 1.807) is 6.07 Å². The second kappa shape index (κ2) is 4.48. The first-order chi connectivity index (χ1) is 6.27. The van der Waals surface area contributed by atoms with Crippen LogP contribution in [0.1, 0.15) is 11.1 Å². The highest BCUT2D eigenvalue weighted by Gasteiger charge is 2.01. The number of ether oxygens (including phenoxy) is 1. The summed E-state index contributed by atoms with van der Waals surface area (Å²) in [6.07, 6.45) is 0. The zero-order chi connectivity index (χ0) is 9.68. The lowest BCUT2D eigenvalue weighted by Crippen LogP contribution is -2.11. The van der Waals surface area contributed by atoms with Crippen molar-refractivity contribution in [3.63, 3.8) is 0 Å². The third-order valence-electron chi connectivity index (χ3n) is 1.63. The average molecular weight is 176 g/mol. The quantitative estimate of drug-likeness (QED) is 0.752. The molecular formula is C10H12N2O. The van der Waals surface area contributed by atoms with Crippen molar-refractivity contribution in [1.29, 1.82) is 5.26 Å². The van der Waals surface area contributed by atoms with Crippen LogP contribution in [0.3, 0.4) is 0 Å². The van der Waals surface area contributed by atoms with Crippen LogP contribution in [0.5, 0.6) is 5.75 Å². The highest BCUT2D eigenvalue weighted by atomic mass is 16.5. The van der Waals surface area contributed by atoms with Crippen LogP contribution in [0, 0.1) is 18.3 Å². The Hall–Kier alpha value is -1.53. The van der Waals surface area contributed by atoms with Crippen LogP contribution in [-0.4, -0.2) is 13.2 Å². The maximum Gasteiger partial charge on any atom is 0.137 e. The fourth-order valence-corrected chi connectivity index (χ4v) is 1.01. The lowest BCUT2D eigenvalue weighted by Gasteiger charge is -2.06. The fraction of sp³-hybridized carbons (Fsp3) is 0.300. The standard InChI is InChI=1S/C10H12N2O/c1-8-2-3-9(7-12)10(6-8)13-5-4-11/h2-3,6H,4-5,11H2,1H3. The van der Waals surface area contributed by atoms with Crippen molar-refractivity contribution >= 4 is 0 Å². The third-order valence-corrected chi connectivity index (χ3v) is 1.63. The molecule has 3 nitrogen and oxygen atoms in total. The lowest BCUT2D eigenvalue weighted by molar-refractivity contribution is 0.327. The SMILES string of the molecule is Cc1ccc(C#N)c(OCCN)c1. The highest BCUT2D eigenvalue weighted by Crippen LogP contribution is 2.18. The van der Waals surface area contributed by atoms with Gasteiger partial charge < -0.3 is 10.5 Å². The largest absolute Gasteiger partial charge is 0.491 e. The molecule has 1 aromatic rings. The molecule has 1 aromatic carbocycles. The molecule has 2 N–H and O–H groups in total. The molecule has 0 unspecified atom stereocenters. The Morgan fingerprint density at radius 1 is 1.54 bits per heavy atom. The molecule has 0 spiro atoms. The summed E-state index contributed by atoms with van der Waals surface area (Å²) in [6, 6.07) is 7.54. The maximum atomic E-state index is 8.75. The maximum absolute atomic E-state index is 8.75. The van der Waals surface area contributed by atoms with Gasteiger partial charge in [0.1, 0.15) is 18.4 Å². The minimum atomic E-state index is 0.443. The zero-order valence-corrected chi connectivity index (χ0v) is 7.58. The van der Waals surface area contributed by atoms with Gasteiger partial charge in [-0.15, -0.1) is 0 Å². The van der Waals surface area contributed by atoms with E-state index < -0.39 is 0 Å². The van der Waals surface area contributed by atoms with Crippen LogP contribution in [-0.2, 0) is 0 Å². The van der Waals surface area contributed by atoms with E-state index in [9.17, 15) is 0 Å². The molecule has 0 fully saturated rings. The van der Waals surface area contributed by atoms with Gasteiger partial charge in [0.05, 0.1) is 5.56 Å². The van der Waals surface area contributed by atoms with Crippen molar-refractivity contribution in [2.75, 3.05) is 13.2 Å². The van der Waals surface area contributed by atoms with Crippen LogP contribution < -0.4 is 10.5 Å². The number of aryl methyl sites for hydroxylation is 1. The number of nitrogens with two attached hydrogens (primary N) is 1. The lowest BCUT2D eigenvalue weighted by atomic mass is 10.1. The Labute approximate surface area is 77.7 Å². The topological polar surface area (TPSA) is 59.0 Å². The summed E-state index contributed by atoms with van der Waals surface area (Å²) in [5.41, 5.74) is 6.93. The normalized spacial score (nSPS) is 9.31. The van der Waals surface area contributed by atoms with Crippen LogP contribution in [0.2, 0.25) is 0 Å². The minimum absolute atomic E-state index is 0.443. The molecule has 13 heavy (non-hydrogen) atoms. The molecule has 68 valence electrons. The molecule has 0 atom stereocenters. The van der Waals surface area contributed by atoms with Gasteiger partial charge in [-0.1, -0.05) is 6.07 Å². The average Bonchev–Trinajstić information content (AvgIpc) is 2.15. The summed E-state index contributed by atoms with van der Waals surface area (Å²) in [5.74, 6) is 0.618. The van der Waals surface area contributed by atoms with E-state index in [-0.39, 0.29) is 0 Å². The molecule has 0 aromatic heterocycles. The van der Waals surface area contributed by atoms with Gasteiger partial charge in [-0.05, 0) is 24.6 Å². The van der Waals surface area contributed by atoms with Gasteiger partial charge in [0.2, 0.25) is 0 Å². The first-order valence-corrected chi connectivity index (χ1v) is 4.11. The van der Waals surface area contributed by atoms with Crippen LogP contribution in [0.15, 0.2) is 18.2 Å². The van der Waals surface area contributed by atoms with Crippen molar-refractivity contribution in [2.45, 2.75) is 6.92 Å². The summed E-state index contributed by atoms with van der Waals surface area (Å²) in [6.45, 7) is 2.85. The van der Waals surface area contributed by atoms with E-state index in [1.165, 1.54) is 0 Å². The summed E-state index contributed by atoms with van der Waals surface area (Å²) in [4.78, 5) is 0. The molecule has 0 aliphatic rings. The van der Waals surface area contributed by atoms with Gasteiger partial charge in [-0.2, -0.15) is 5.26 Å². The number of benzene rings is 1. The molecule has 0 heterocycles. The molecule has 1 rings (SSSR count). The predicted octanol–water partition coefficient (Wildman–Crippen LogP) is 1.20. The van der Waals surface area contributed by atoms with E-state index in [2.05, 4.69) is 6.07 Å².